The summed E-state index contributed by atoms with van der Waals surface area (Å²) in [5, 5.41) is 8.60. The van der Waals surface area contributed by atoms with Gasteiger partial charge in [0.2, 0.25) is 5.88 Å². The summed E-state index contributed by atoms with van der Waals surface area (Å²) in [6.45, 7) is 1.98. The summed E-state index contributed by atoms with van der Waals surface area (Å²) in [7, 11) is 0. The Bertz CT molecular complexity index is 693. The third-order valence-electron chi connectivity index (χ3n) is 2.66. The van der Waals surface area contributed by atoms with Gasteiger partial charge < -0.3 is 9.47 Å². The molecule has 5 nitrogen and oxygen atoms in total. The summed E-state index contributed by atoms with van der Waals surface area (Å²) in [5.41, 5.74) is 0.873. The molecule has 21 heavy (non-hydrogen) atoms. The highest BCUT2D eigenvalue weighted by molar-refractivity contribution is 5.66. The average molecular weight is 286 g/mol. The first-order valence-corrected chi connectivity index (χ1v) is 6.16. The number of hydrogen-bond acceptors (Lipinski definition) is 5. The van der Waals surface area contributed by atoms with Crippen molar-refractivity contribution < 1.29 is 18.7 Å². The summed E-state index contributed by atoms with van der Waals surface area (Å²) in [6.07, 6.45) is 1.38. The van der Waals surface area contributed by atoms with E-state index in [1.54, 1.807) is 24.4 Å². The van der Waals surface area contributed by atoms with E-state index in [0.29, 0.717) is 0 Å². The van der Waals surface area contributed by atoms with Crippen molar-refractivity contribution in [1.29, 1.82) is 5.26 Å². The average Bonchev–Trinajstić information content (AvgIpc) is 2.48. The van der Waals surface area contributed by atoms with Crippen LogP contribution in [0.2, 0.25) is 0 Å². The molecule has 0 unspecified atom stereocenters. The number of pyridine rings is 1. The number of hydrogen-bond donors (Lipinski definition) is 0. The van der Waals surface area contributed by atoms with Crippen LogP contribution in [0.15, 0.2) is 36.5 Å². The Morgan fingerprint density at radius 3 is 2.71 bits per heavy atom. The second-order valence-corrected chi connectivity index (χ2v) is 4.07. The predicted molar refractivity (Wildman–Crippen MR) is 71.4 cm³/mol. The van der Waals surface area contributed by atoms with Crippen molar-refractivity contribution in [3.05, 3.63) is 53.5 Å². The second-order valence-electron chi connectivity index (χ2n) is 4.07. The molecule has 2 rings (SSSR count). The van der Waals surface area contributed by atoms with Gasteiger partial charge in [-0.25, -0.2) is 14.2 Å². The van der Waals surface area contributed by atoms with Crippen LogP contribution >= 0.6 is 0 Å². The van der Waals surface area contributed by atoms with Gasteiger partial charge in [0, 0.05) is 18.3 Å². The van der Waals surface area contributed by atoms with Crippen molar-refractivity contribution >= 4 is 6.16 Å². The molecule has 0 aliphatic heterocycles. The van der Waals surface area contributed by atoms with Crippen LogP contribution in [-0.2, 0) is 6.42 Å². The first-order valence-electron chi connectivity index (χ1n) is 6.16. The fourth-order valence-corrected chi connectivity index (χ4v) is 1.53. The SMILES string of the molecule is CCc1ccc(OC(=O)Oc2ccc(C#N)c(F)c2)nc1. The van der Waals surface area contributed by atoms with Crippen LogP contribution in [0.25, 0.3) is 0 Å². The fourth-order valence-electron chi connectivity index (χ4n) is 1.53. The summed E-state index contributed by atoms with van der Waals surface area (Å²) < 4.78 is 23.0. The van der Waals surface area contributed by atoms with Crippen LogP contribution in [0.4, 0.5) is 9.18 Å². The lowest BCUT2D eigenvalue weighted by atomic mass is 10.2. The van der Waals surface area contributed by atoms with Crippen LogP contribution in [-0.4, -0.2) is 11.1 Å². The van der Waals surface area contributed by atoms with Crippen LogP contribution in [0.5, 0.6) is 11.6 Å². The third-order valence-corrected chi connectivity index (χ3v) is 2.66. The van der Waals surface area contributed by atoms with Crippen molar-refractivity contribution in [2.75, 3.05) is 0 Å². The van der Waals surface area contributed by atoms with Gasteiger partial charge in [0.1, 0.15) is 17.6 Å². The van der Waals surface area contributed by atoms with Crippen LogP contribution in [0, 0.1) is 17.1 Å². The maximum absolute atomic E-state index is 13.3. The van der Waals surface area contributed by atoms with Crippen molar-refractivity contribution in [3.63, 3.8) is 0 Å². The number of carbonyl (C=O) groups is 1. The summed E-state index contributed by atoms with van der Waals surface area (Å²) in [5.74, 6) is -0.735. The maximum Gasteiger partial charge on any atom is 0.520 e. The Kier molecular flexibility index (Phi) is 4.46. The predicted octanol–water partition coefficient (Wildman–Crippen LogP) is 3.23. The lowest BCUT2D eigenvalue weighted by Gasteiger charge is -2.05. The van der Waals surface area contributed by atoms with Gasteiger partial charge in [0.15, 0.2) is 0 Å². The fraction of sp³-hybridized carbons (Fsp3) is 0.133. The molecular formula is C15H11FN2O3. The number of halogens is 1. The molecule has 0 spiro atoms. The van der Waals surface area contributed by atoms with Gasteiger partial charge in [-0.3, -0.25) is 0 Å². The van der Waals surface area contributed by atoms with Gasteiger partial charge in [0.05, 0.1) is 5.56 Å². The van der Waals surface area contributed by atoms with Gasteiger partial charge >= 0.3 is 6.16 Å². The molecule has 0 aliphatic carbocycles. The van der Waals surface area contributed by atoms with Crippen LogP contribution in [0.1, 0.15) is 18.1 Å². The van der Waals surface area contributed by atoms with Crippen molar-refractivity contribution in [1.82, 2.24) is 4.98 Å². The number of aromatic nitrogens is 1. The number of rotatable bonds is 3. The molecule has 0 bridgehead atoms. The molecule has 0 saturated heterocycles. The van der Waals surface area contributed by atoms with Crippen molar-refractivity contribution in [3.8, 4) is 17.7 Å². The molecule has 2 aromatic rings. The maximum atomic E-state index is 13.3. The molecular weight excluding hydrogens is 275 g/mol. The first kappa shape index (κ1) is 14.5. The van der Waals surface area contributed by atoms with Crippen molar-refractivity contribution in [2.24, 2.45) is 0 Å². The number of benzene rings is 1. The molecule has 0 aliphatic rings. The normalized spacial score (nSPS) is 9.76. The van der Waals surface area contributed by atoms with E-state index < -0.39 is 12.0 Å². The second kappa shape index (κ2) is 6.48. The molecule has 0 fully saturated rings. The number of nitrogens with zero attached hydrogens (tertiary/aromatic N) is 2. The smallest absolute Gasteiger partial charge is 0.395 e. The van der Waals surface area contributed by atoms with E-state index in [1.807, 2.05) is 6.92 Å². The minimum absolute atomic E-state index is 0.0540. The lowest BCUT2D eigenvalue weighted by molar-refractivity contribution is 0.150. The number of carbonyl (C=O) groups excluding carboxylic acids is 1. The van der Waals surface area contributed by atoms with E-state index in [2.05, 4.69) is 4.98 Å². The van der Waals surface area contributed by atoms with E-state index in [-0.39, 0.29) is 17.2 Å². The highest BCUT2D eigenvalue weighted by Gasteiger charge is 2.11. The number of aryl methyl sites for hydroxylation is 1. The van der Waals surface area contributed by atoms with E-state index in [4.69, 9.17) is 14.7 Å². The van der Waals surface area contributed by atoms with Crippen LogP contribution in [0.3, 0.4) is 0 Å². The quantitative estimate of drug-likeness (QED) is 0.639. The Balaban J connectivity index is 2.01. The molecule has 0 radical (unpaired) electrons. The Hall–Kier alpha value is -2.94. The van der Waals surface area contributed by atoms with Gasteiger partial charge in [-0.2, -0.15) is 5.26 Å². The van der Waals surface area contributed by atoms with Gasteiger partial charge in [-0.15, -0.1) is 0 Å². The monoisotopic (exact) mass is 286 g/mol. The summed E-state index contributed by atoms with van der Waals surface area (Å²) in [6, 6.07) is 8.44. The Morgan fingerprint density at radius 1 is 1.33 bits per heavy atom. The van der Waals surface area contributed by atoms with E-state index >= 15 is 0 Å². The standard InChI is InChI=1S/C15H11FN2O3/c1-2-10-3-6-14(18-9-10)21-15(19)20-12-5-4-11(8-17)13(16)7-12/h3-7,9H,2H2,1H3. The zero-order valence-electron chi connectivity index (χ0n) is 11.2. The topological polar surface area (TPSA) is 72.2 Å². The zero-order valence-corrected chi connectivity index (χ0v) is 11.2. The minimum Gasteiger partial charge on any atom is -0.395 e. The molecule has 1 heterocycles. The van der Waals surface area contributed by atoms with E-state index in [9.17, 15) is 9.18 Å². The summed E-state index contributed by atoms with van der Waals surface area (Å²) in [4.78, 5) is 15.5. The molecule has 1 aromatic carbocycles. The lowest BCUT2D eigenvalue weighted by Crippen LogP contribution is -2.14. The zero-order chi connectivity index (χ0) is 15.2. The van der Waals surface area contributed by atoms with E-state index in [0.717, 1.165) is 18.1 Å². The van der Waals surface area contributed by atoms with Crippen molar-refractivity contribution in [2.45, 2.75) is 13.3 Å². The summed E-state index contributed by atoms with van der Waals surface area (Å²) >= 11 is 0. The highest BCUT2D eigenvalue weighted by Crippen LogP contribution is 2.17. The van der Waals surface area contributed by atoms with Crippen LogP contribution < -0.4 is 9.47 Å². The molecule has 0 atom stereocenters. The minimum atomic E-state index is -1.03. The first-order chi connectivity index (χ1) is 10.1. The highest BCUT2D eigenvalue weighted by atomic mass is 19.1. The molecule has 0 amide bonds. The van der Waals surface area contributed by atoms with Gasteiger partial charge in [-0.1, -0.05) is 13.0 Å². The van der Waals surface area contributed by atoms with Gasteiger partial charge in [0.25, 0.3) is 0 Å². The molecule has 0 N–H and O–H groups in total. The molecule has 0 saturated carbocycles. The van der Waals surface area contributed by atoms with Gasteiger partial charge in [-0.05, 0) is 24.1 Å². The number of nitriles is 1. The Morgan fingerprint density at radius 2 is 2.14 bits per heavy atom. The molecule has 106 valence electrons. The third kappa shape index (κ3) is 3.76. The molecule has 6 heteroatoms. The number of ether oxygens (including phenoxy) is 2. The Labute approximate surface area is 120 Å². The largest absolute Gasteiger partial charge is 0.520 e. The van der Waals surface area contributed by atoms with E-state index in [1.165, 1.54) is 12.1 Å². The molecule has 1 aromatic heterocycles.